The minimum absolute atomic E-state index is 0.0583. The first-order chi connectivity index (χ1) is 10.3. The van der Waals surface area contributed by atoms with E-state index in [0.717, 1.165) is 0 Å². The van der Waals surface area contributed by atoms with E-state index in [9.17, 15) is 23.9 Å². The van der Waals surface area contributed by atoms with Crippen LogP contribution in [-0.2, 0) is 31.9 Å². The van der Waals surface area contributed by atoms with Gasteiger partial charge in [0, 0.05) is 5.41 Å². The van der Waals surface area contributed by atoms with Crippen molar-refractivity contribution in [3.8, 4) is 0 Å². The Morgan fingerprint density at radius 3 is 2.09 bits per heavy atom. The summed E-state index contributed by atoms with van der Waals surface area (Å²) < 4.78 is 43.7. The van der Waals surface area contributed by atoms with Crippen molar-refractivity contribution < 1.29 is 61.7 Å². The molecule has 6 unspecified atom stereocenters. The molecule has 0 bridgehead atoms. The Kier molecular flexibility index (Phi) is 5.31. The lowest BCUT2D eigenvalue weighted by Crippen LogP contribution is -2.32. The average Bonchev–Trinajstić information content (AvgIpc) is 2.90. The van der Waals surface area contributed by atoms with Crippen LogP contribution in [0.1, 0.15) is 12.8 Å². The molecule has 0 aromatic carbocycles. The second kappa shape index (κ2) is 6.22. The van der Waals surface area contributed by atoms with Gasteiger partial charge >= 0.3 is 23.5 Å². The maximum absolute atomic E-state index is 11.4. The monoisotopic (exact) mass is 400 g/mol. The summed E-state index contributed by atoms with van der Waals surface area (Å²) in [6.07, 6.45) is -1.24. The highest BCUT2D eigenvalue weighted by molar-refractivity contribution is 7.66. The normalized spacial score (nSPS) is 38.6. The van der Waals surface area contributed by atoms with Crippen LogP contribution in [0.5, 0.6) is 0 Å². The SMILES string of the molecule is O=P(O)(O)OP(=O)(O)OP(=O)(O)OOCC12CC1CC(O)C2O. The fraction of sp³-hybridized carbons (Fsp3) is 1.00. The van der Waals surface area contributed by atoms with Crippen LogP contribution >= 0.6 is 23.5 Å². The second-order valence-electron chi connectivity index (χ2n) is 5.31. The summed E-state index contributed by atoms with van der Waals surface area (Å²) in [6.45, 7) is -0.404. The minimum Gasteiger partial charge on any atom is -0.390 e. The molecule has 6 N–H and O–H groups in total. The van der Waals surface area contributed by atoms with E-state index >= 15 is 0 Å². The molecule has 2 fully saturated rings. The highest BCUT2D eigenvalue weighted by Gasteiger charge is 2.66. The van der Waals surface area contributed by atoms with Crippen molar-refractivity contribution in [3.63, 3.8) is 0 Å². The van der Waals surface area contributed by atoms with Gasteiger partial charge in [0.05, 0.1) is 18.8 Å². The largest absolute Gasteiger partial charge is 0.508 e. The number of hydrogen-bond donors (Lipinski definition) is 6. The summed E-state index contributed by atoms with van der Waals surface area (Å²) >= 11 is 0. The van der Waals surface area contributed by atoms with Gasteiger partial charge in [0.15, 0.2) is 0 Å². The molecule has 2 aliphatic carbocycles. The Bertz CT molecular complexity index is 600. The Balaban J connectivity index is 1.84. The number of aliphatic hydroxyl groups is 2. The van der Waals surface area contributed by atoms with Gasteiger partial charge in [0.25, 0.3) is 0 Å². The number of fused-ring (bicyclic) bond motifs is 1. The van der Waals surface area contributed by atoms with Crippen molar-refractivity contribution >= 4 is 23.5 Å². The molecule has 2 saturated carbocycles. The first kappa shape index (κ1) is 19.6. The molecular weight excluding hydrogens is 385 g/mol. The first-order valence-electron chi connectivity index (χ1n) is 6.07. The molecular formula is C7H15O13P3. The molecule has 0 amide bonds. The third kappa shape index (κ3) is 4.90. The third-order valence-corrected chi connectivity index (χ3v) is 7.27. The van der Waals surface area contributed by atoms with Gasteiger partial charge in [-0.3, -0.25) is 0 Å². The van der Waals surface area contributed by atoms with Crippen molar-refractivity contribution in [2.45, 2.75) is 25.0 Å². The molecule has 0 saturated heterocycles. The zero-order valence-electron chi connectivity index (χ0n) is 11.2. The van der Waals surface area contributed by atoms with E-state index < -0.39 is 47.7 Å². The van der Waals surface area contributed by atoms with Gasteiger partial charge in [0.2, 0.25) is 0 Å². The maximum Gasteiger partial charge on any atom is 0.508 e. The summed E-state index contributed by atoms with van der Waals surface area (Å²) in [5.74, 6) is -0.0583. The number of rotatable bonds is 8. The van der Waals surface area contributed by atoms with Gasteiger partial charge in [-0.2, -0.15) is 8.62 Å². The molecule has 2 rings (SSSR count). The van der Waals surface area contributed by atoms with Gasteiger partial charge in [-0.05, 0) is 18.8 Å². The van der Waals surface area contributed by atoms with Gasteiger partial charge in [-0.25, -0.2) is 18.6 Å². The predicted molar refractivity (Wildman–Crippen MR) is 68.1 cm³/mol. The van der Waals surface area contributed by atoms with Crippen LogP contribution in [-0.4, -0.2) is 48.6 Å². The van der Waals surface area contributed by atoms with E-state index in [4.69, 9.17) is 19.6 Å². The van der Waals surface area contributed by atoms with Crippen LogP contribution in [0.25, 0.3) is 0 Å². The average molecular weight is 400 g/mol. The summed E-state index contributed by atoms with van der Waals surface area (Å²) in [7, 11) is -16.4. The van der Waals surface area contributed by atoms with Gasteiger partial charge in [-0.15, -0.1) is 4.67 Å². The highest BCUT2D eigenvalue weighted by atomic mass is 31.3. The van der Waals surface area contributed by atoms with E-state index in [1.54, 1.807) is 0 Å². The summed E-state index contributed by atoms with van der Waals surface area (Å²) in [5.41, 5.74) is -0.843. The number of phosphoric acid groups is 3. The van der Waals surface area contributed by atoms with E-state index in [1.807, 2.05) is 0 Å². The quantitative estimate of drug-likeness (QED) is 0.171. The Hall–Kier alpha value is 0.290. The third-order valence-electron chi connectivity index (χ3n) is 3.65. The Morgan fingerprint density at radius 1 is 1.00 bits per heavy atom. The van der Waals surface area contributed by atoms with E-state index in [0.29, 0.717) is 12.8 Å². The van der Waals surface area contributed by atoms with Gasteiger partial charge < -0.3 is 29.8 Å². The van der Waals surface area contributed by atoms with Crippen LogP contribution < -0.4 is 0 Å². The van der Waals surface area contributed by atoms with Crippen molar-refractivity contribution in [1.29, 1.82) is 0 Å². The first-order valence-corrected chi connectivity index (χ1v) is 10.6. The number of aliphatic hydroxyl groups excluding tert-OH is 2. The van der Waals surface area contributed by atoms with E-state index in [-0.39, 0.29) is 5.92 Å². The topological polar surface area (TPSA) is 210 Å². The molecule has 0 radical (unpaired) electrons. The zero-order chi connectivity index (χ0) is 17.7. The maximum atomic E-state index is 11.4. The van der Waals surface area contributed by atoms with Crippen LogP contribution in [0, 0.1) is 11.3 Å². The molecule has 16 heteroatoms. The smallest absolute Gasteiger partial charge is 0.390 e. The Labute approximate surface area is 129 Å². The molecule has 23 heavy (non-hydrogen) atoms. The molecule has 0 heterocycles. The molecule has 0 spiro atoms. The predicted octanol–water partition coefficient (Wildman–Crippen LogP) is -0.607. The fourth-order valence-electron chi connectivity index (χ4n) is 2.64. The standard InChI is InChI=1S/C7H15O13P3/c8-5-1-4-2-7(4,6(5)9)3-17-18-22(13,14)20-23(15,16)19-21(10,11)12/h4-6,8-9H,1-3H2,(H,13,14)(H,15,16)(H2,10,11,12). The fourth-order valence-corrected chi connectivity index (χ4v) is 5.44. The van der Waals surface area contributed by atoms with Crippen LogP contribution in [0.4, 0.5) is 0 Å². The lowest BCUT2D eigenvalue weighted by Gasteiger charge is -2.21. The van der Waals surface area contributed by atoms with E-state index in [2.05, 4.69) is 18.2 Å². The second-order valence-corrected chi connectivity index (χ2v) is 9.62. The summed E-state index contributed by atoms with van der Waals surface area (Å²) in [5, 5.41) is 19.2. The van der Waals surface area contributed by atoms with Gasteiger partial charge in [0.1, 0.15) is 0 Å². The molecule has 6 atom stereocenters. The van der Waals surface area contributed by atoms with Crippen molar-refractivity contribution in [3.05, 3.63) is 0 Å². The van der Waals surface area contributed by atoms with Crippen LogP contribution in [0.3, 0.4) is 0 Å². The molecule has 0 aromatic heterocycles. The lowest BCUT2D eigenvalue weighted by atomic mass is 10.0. The minimum atomic E-state index is -5.60. The van der Waals surface area contributed by atoms with E-state index in [1.165, 1.54) is 0 Å². The van der Waals surface area contributed by atoms with Crippen molar-refractivity contribution in [2.24, 2.45) is 11.3 Å². The van der Waals surface area contributed by atoms with Crippen molar-refractivity contribution in [2.75, 3.05) is 6.61 Å². The zero-order valence-corrected chi connectivity index (χ0v) is 13.9. The van der Waals surface area contributed by atoms with Crippen LogP contribution in [0.15, 0.2) is 0 Å². The summed E-state index contributed by atoms with van der Waals surface area (Å²) in [6, 6.07) is 0. The summed E-state index contributed by atoms with van der Waals surface area (Å²) in [4.78, 5) is 39.2. The van der Waals surface area contributed by atoms with Crippen molar-refractivity contribution in [1.82, 2.24) is 0 Å². The molecule has 136 valence electrons. The van der Waals surface area contributed by atoms with Crippen LogP contribution in [0.2, 0.25) is 0 Å². The molecule has 0 aliphatic heterocycles. The number of hydrogen-bond acceptors (Lipinski definition) is 9. The lowest BCUT2D eigenvalue weighted by molar-refractivity contribution is -0.240. The molecule has 13 nitrogen and oxygen atoms in total. The molecule has 0 aromatic rings. The highest BCUT2D eigenvalue weighted by Crippen LogP contribution is 2.67. The van der Waals surface area contributed by atoms with Gasteiger partial charge in [-0.1, -0.05) is 0 Å². The molecule has 2 aliphatic rings. The Morgan fingerprint density at radius 2 is 1.61 bits per heavy atom.